The van der Waals surface area contributed by atoms with Crippen LogP contribution in [0.4, 0.5) is 0 Å². The molecule has 110 valence electrons. The van der Waals surface area contributed by atoms with Gasteiger partial charge in [0.2, 0.25) is 0 Å². The molecule has 1 aliphatic rings. The molecule has 0 amide bonds. The van der Waals surface area contributed by atoms with E-state index < -0.39 is 0 Å². The molecule has 2 atom stereocenters. The van der Waals surface area contributed by atoms with Crippen molar-refractivity contribution in [2.75, 3.05) is 6.61 Å². The van der Waals surface area contributed by atoms with Crippen molar-refractivity contribution in [3.8, 4) is 5.75 Å². The van der Waals surface area contributed by atoms with Crippen molar-refractivity contribution in [3.63, 3.8) is 0 Å². The van der Waals surface area contributed by atoms with Crippen LogP contribution in [0.2, 0.25) is 0 Å². The highest BCUT2D eigenvalue weighted by Gasteiger charge is 2.30. The molecule has 0 N–H and O–H groups in total. The average Bonchev–Trinajstić information content (AvgIpc) is 2.56. The van der Waals surface area contributed by atoms with Crippen LogP contribution in [0.1, 0.15) is 35.6 Å². The van der Waals surface area contributed by atoms with E-state index in [1.54, 1.807) is 0 Å². The molecule has 0 spiro atoms. The fourth-order valence-electron chi connectivity index (χ4n) is 3.62. The summed E-state index contributed by atoms with van der Waals surface area (Å²) in [5.41, 5.74) is 3.74. The smallest absolute Gasteiger partial charge is 0.122 e. The van der Waals surface area contributed by atoms with Crippen molar-refractivity contribution in [3.05, 3.63) is 71.5 Å². The molecule has 2 heterocycles. The highest BCUT2D eigenvalue weighted by molar-refractivity contribution is 5.86. The van der Waals surface area contributed by atoms with Crippen LogP contribution in [-0.2, 0) is 0 Å². The molecule has 0 saturated carbocycles. The average molecular weight is 289 g/mol. The number of hydrogen-bond donors (Lipinski definition) is 0. The normalized spacial score (nSPS) is 20.5. The van der Waals surface area contributed by atoms with Gasteiger partial charge in [-0.2, -0.15) is 0 Å². The Bertz CT molecular complexity index is 840. The number of fused-ring (bicyclic) bond motifs is 2. The Morgan fingerprint density at radius 2 is 1.82 bits per heavy atom. The summed E-state index contributed by atoms with van der Waals surface area (Å²) in [4.78, 5) is 4.62. The minimum atomic E-state index is 0.341. The van der Waals surface area contributed by atoms with E-state index in [0.717, 1.165) is 11.4 Å². The molecule has 0 radical (unpaired) electrons. The lowest BCUT2D eigenvalue weighted by Gasteiger charge is -2.33. The van der Waals surface area contributed by atoms with Crippen molar-refractivity contribution >= 4 is 10.8 Å². The van der Waals surface area contributed by atoms with E-state index >= 15 is 0 Å². The van der Waals surface area contributed by atoms with Crippen molar-refractivity contribution in [2.24, 2.45) is 0 Å². The Balaban J connectivity index is 1.88. The lowest BCUT2D eigenvalue weighted by atomic mass is 9.79. The van der Waals surface area contributed by atoms with Crippen LogP contribution in [0, 0.1) is 6.92 Å². The number of benzene rings is 2. The summed E-state index contributed by atoms with van der Waals surface area (Å²) in [6, 6.07) is 16.9. The molecule has 3 aromatic rings. The van der Waals surface area contributed by atoms with Gasteiger partial charge in [-0.15, -0.1) is 0 Å². The second-order valence-electron chi connectivity index (χ2n) is 6.09. The fourth-order valence-corrected chi connectivity index (χ4v) is 3.62. The molecule has 2 nitrogen and oxygen atoms in total. The maximum atomic E-state index is 6.04. The minimum Gasteiger partial charge on any atom is -0.493 e. The first kappa shape index (κ1) is 13.3. The van der Waals surface area contributed by atoms with Crippen molar-refractivity contribution < 1.29 is 4.74 Å². The fraction of sp³-hybridized carbons (Fsp3) is 0.250. The van der Waals surface area contributed by atoms with Crippen LogP contribution < -0.4 is 4.74 Å². The van der Waals surface area contributed by atoms with Gasteiger partial charge >= 0.3 is 0 Å². The van der Waals surface area contributed by atoms with E-state index in [2.05, 4.69) is 61.3 Å². The van der Waals surface area contributed by atoms with E-state index in [9.17, 15) is 0 Å². The van der Waals surface area contributed by atoms with E-state index in [-0.39, 0.29) is 0 Å². The van der Waals surface area contributed by atoms with Gasteiger partial charge in [-0.1, -0.05) is 49.4 Å². The number of hydrogen-bond acceptors (Lipinski definition) is 2. The number of aryl methyl sites for hydroxylation is 1. The molecule has 22 heavy (non-hydrogen) atoms. The van der Waals surface area contributed by atoms with Crippen molar-refractivity contribution in [2.45, 2.75) is 25.7 Å². The topological polar surface area (TPSA) is 22.1 Å². The number of nitrogens with zero attached hydrogens (tertiary/aromatic N) is 1. The summed E-state index contributed by atoms with van der Waals surface area (Å²) >= 11 is 0. The third-order valence-electron chi connectivity index (χ3n) is 4.84. The largest absolute Gasteiger partial charge is 0.493 e. The van der Waals surface area contributed by atoms with Gasteiger partial charge in [0.25, 0.3) is 0 Å². The zero-order chi connectivity index (χ0) is 15.1. The standard InChI is InChI=1S/C20H19NO/c1-13-16-8-5-6-10-19(16)22-12-18(13)20-14(2)21-11-15-7-3-4-9-17(15)20/h3-11,13,18H,12H2,1-2H3. The lowest BCUT2D eigenvalue weighted by molar-refractivity contribution is 0.243. The quantitative estimate of drug-likeness (QED) is 0.640. The maximum Gasteiger partial charge on any atom is 0.122 e. The monoisotopic (exact) mass is 289 g/mol. The number of ether oxygens (including phenoxy) is 1. The van der Waals surface area contributed by atoms with Crippen molar-refractivity contribution in [1.29, 1.82) is 0 Å². The van der Waals surface area contributed by atoms with Crippen LogP contribution in [0.5, 0.6) is 5.75 Å². The summed E-state index contributed by atoms with van der Waals surface area (Å²) in [5, 5.41) is 2.50. The molecule has 2 heteroatoms. The first-order valence-electron chi connectivity index (χ1n) is 7.81. The predicted molar refractivity (Wildman–Crippen MR) is 89.6 cm³/mol. The van der Waals surface area contributed by atoms with E-state index in [1.807, 2.05) is 12.3 Å². The third kappa shape index (κ3) is 1.98. The summed E-state index contributed by atoms with van der Waals surface area (Å²) in [6.45, 7) is 5.12. The number of para-hydroxylation sites is 1. The summed E-state index contributed by atoms with van der Waals surface area (Å²) in [6.07, 6.45) is 1.97. The van der Waals surface area contributed by atoms with E-state index in [4.69, 9.17) is 4.74 Å². The van der Waals surface area contributed by atoms with E-state index in [0.29, 0.717) is 18.4 Å². The molecule has 0 fully saturated rings. The Kier molecular flexibility index (Phi) is 3.11. The number of rotatable bonds is 1. The number of aromatic nitrogens is 1. The molecular weight excluding hydrogens is 270 g/mol. The first-order valence-corrected chi connectivity index (χ1v) is 7.81. The molecule has 0 aliphatic carbocycles. The van der Waals surface area contributed by atoms with Crippen molar-refractivity contribution in [1.82, 2.24) is 4.98 Å². The Morgan fingerprint density at radius 3 is 2.73 bits per heavy atom. The van der Waals surface area contributed by atoms with Gasteiger partial charge in [-0.25, -0.2) is 0 Å². The SMILES string of the molecule is Cc1ncc2ccccc2c1C1COc2ccccc2C1C. The highest BCUT2D eigenvalue weighted by Crippen LogP contribution is 2.44. The number of pyridine rings is 1. The molecule has 2 unspecified atom stereocenters. The van der Waals surface area contributed by atoms with Gasteiger partial charge in [-0.05, 0) is 35.4 Å². The zero-order valence-electron chi connectivity index (χ0n) is 12.9. The molecule has 4 rings (SSSR count). The van der Waals surface area contributed by atoms with Crippen LogP contribution in [0.15, 0.2) is 54.7 Å². The summed E-state index contributed by atoms with van der Waals surface area (Å²) < 4.78 is 6.04. The van der Waals surface area contributed by atoms with Gasteiger partial charge in [0, 0.05) is 23.2 Å². The zero-order valence-corrected chi connectivity index (χ0v) is 12.9. The van der Waals surface area contributed by atoms with Gasteiger partial charge in [0.15, 0.2) is 0 Å². The summed E-state index contributed by atoms with van der Waals surface area (Å²) in [5.74, 6) is 1.79. The minimum absolute atomic E-state index is 0.341. The molecule has 2 aromatic carbocycles. The molecular formula is C20H19NO. The van der Waals surface area contributed by atoms with Gasteiger partial charge in [-0.3, -0.25) is 4.98 Å². The Hall–Kier alpha value is -2.35. The third-order valence-corrected chi connectivity index (χ3v) is 4.84. The van der Waals surface area contributed by atoms with Crippen LogP contribution in [0.3, 0.4) is 0 Å². The van der Waals surface area contributed by atoms with Crippen LogP contribution in [0.25, 0.3) is 10.8 Å². The second kappa shape index (κ2) is 5.13. The van der Waals surface area contributed by atoms with Crippen LogP contribution >= 0.6 is 0 Å². The maximum absolute atomic E-state index is 6.04. The van der Waals surface area contributed by atoms with Gasteiger partial charge in [0.1, 0.15) is 5.75 Å². The molecule has 1 aromatic heterocycles. The predicted octanol–water partition coefficient (Wildman–Crippen LogP) is 4.82. The van der Waals surface area contributed by atoms with E-state index in [1.165, 1.54) is 21.9 Å². The Morgan fingerprint density at radius 1 is 1.05 bits per heavy atom. The Labute approximate surface area is 130 Å². The van der Waals surface area contributed by atoms with Gasteiger partial charge in [0.05, 0.1) is 6.61 Å². The first-order chi connectivity index (χ1) is 10.8. The lowest BCUT2D eigenvalue weighted by Crippen LogP contribution is -2.23. The second-order valence-corrected chi connectivity index (χ2v) is 6.09. The molecule has 1 aliphatic heterocycles. The summed E-state index contributed by atoms with van der Waals surface area (Å²) in [7, 11) is 0. The van der Waals surface area contributed by atoms with Crippen LogP contribution in [-0.4, -0.2) is 11.6 Å². The highest BCUT2D eigenvalue weighted by atomic mass is 16.5. The molecule has 0 saturated heterocycles. The molecule has 0 bridgehead atoms. The van der Waals surface area contributed by atoms with Gasteiger partial charge < -0.3 is 4.74 Å².